The van der Waals surface area contributed by atoms with Crippen LogP contribution in [-0.2, 0) is 15.2 Å². The van der Waals surface area contributed by atoms with Crippen molar-refractivity contribution in [2.75, 3.05) is 29.6 Å². The number of benzene rings is 1. The van der Waals surface area contributed by atoms with Gasteiger partial charge in [-0.05, 0) is 71.4 Å². The Morgan fingerprint density at radius 2 is 1.52 bits per heavy atom. The highest BCUT2D eigenvalue weighted by Crippen LogP contribution is 2.32. The van der Waals surface area contributed by atoms with E-state index in [1.807, 2.05) is 53.7 Å². The molecule has 33 heavy (non-hydrogen) atoms. The van der Waals surface area contributed by atoms with Gasteiger partial charge >= 0.3 is 12.2 Å². The second kappa shape index (κ2) is 10.3. The topological polar surface area (TPSA) is 98.0 Å². The van der Waals surface area contributed by atoms with Crippen molar-refractivity contribution in [3.05, 3.63) is 42.1 Å². The zero-order chi connectivity index (χ0) is 25.0. The van der Waals surface area contributed by atoms with E-state index in [4.69, 9.17) is 15.2 Å². The number of nitrogens with zero attached hydrogens (tertiary/aromatic N) is 3. The molecule has 0 saturated heterocycles. The fourth-order valence-electron chi connectivity index (χ4n) is 2.58. The maximum atomic E-state index is 12.4. The summed E-state index contributed by atoms with van der Waals surface area (Å²) in [7, 11) is 3.29. The minimum absolute atomic E-state index is 0.433. The first-order valence-corrected chi connectivity index (χ1v) is 11.6. The minimum Gasteiger partial charge on any atom is -0.443 e. The fourth-order valence-corrected chi connectivity index (χ4v) is 3.51. The number of thioether (sulfide) groups is 1. The summed E-state index contributed by atoms with van der Waals surface area (Å²) < 4.78 is 10.8. The quantitative estimate of drug-likeness (QED) is 0.438. The van der Waals surface area contributed by atoms with Crippen molar-refractivity contribution in [1.82, 2.24) is 4.98 Å². The van der Waals surface area contributed by atoms with Gasteiger partial charge in [0.2, 0.25) is 0 Å². The van der Waals surface area contributed by atoms with Crippen molar-refractivity contribution in [3.8, 4) is 0 Å². The van der Waals surface area contributed by atoms with Crippen molar-refractivity contribution in [2.24, 2.45) is 0 Å². The van der Waals surface area contributed by atoms with Gasteiger partial charge in [-0.15, -0.1) is 11.8 Å². The second-order valence-corrected chi connectivity index (χ2v) is 10.6. The number of rotatable bonds is 5. The second-order valence-electron chi connectivity index (χ2n) is 9.61. The summed E-state index contributed by atoms with van der Waals surface area (Å²) in [6.45, 7) is 10.9. The number of anilines is 3. The van der Waals surface area contributed by atoms with E-state index in [0.717, 1.165) is 10.5 Å². The first kappa shape index (κ1) is 26.3. The molecule has 0 aliphatic carbocycles. The van der Waals surface area contributed by atoms with E-state index in [1.54, 1.807) is 38.5 Å². The lowest BCUT2D eigenvalue weighted by Gasteiger charge is -2.25. The van der Waals surface area contributed by atoms with E-state index >= 15 is 0 Å². The number of hydrogen-bond acceptors (Lipinski definition) is 7. The molecular formula is C24H34N4O4S. The molecule has 0 fully saturated rings. The third-order valence-electron chi connectivity index (χ3n) is 4.27. The van der Waals surface area contributed by atoms with Crippen LogP contribution >= 0.6 is 11.8 Å². The number of carbonyl (C=O) groups is 2. The van der Waals surface area contributed by atoms with Crippen molar-refractivity contribution < 1.29 is 19.1 Å². The van der Waals surface area contributed by atoms with Gasteiger partial charge in [0.15, 0.2) is 0 Å². The molecule has 2 amide bonds. The van der Waals surface area contributed by atoms with E-state index in [9.17, 15) is 9.59 Å². The first-order chi connectivity index (χ1) is 15.2. The number of nitrogen functional groups attached to an aromatic ring is 1. The Morgan fingerprint density at radius 1 is 0.939 bits per heavy atom. The fraction of sp³-hybridized carbons (Fsp3) is 0.458. The van der Waals surface area contributed by atoms with Gasteiger partial charge in [-0.3, -0.25) is 9.80 Å². The molecule has 1 aromatic carbocycles. The van der Waals surface area contributed by atoms with Crippen LogP contribution in [0.25, 0.3) is 0 Å². The highest BCUT2D eigenvalue weighted by atomic mass is 32.2. The molecule has 0 aliphatic heterocycles. The molecule has 0 spiro atoms. The lowest BCUT2D eigenvalue weighted by Crippen LogP contribution is -2.34. The third kappa shape index (κ3) is 8.16. The van der Waals surface area contributed by atoms with Crippen LogP contribution in [0.5, 0.6) is 0 Å². The molecule has 2 N–H and O–H groups in total. The molecule has 0 bridgehead atoms. The van der Waals surface area contributed by atoms with Gasteiger partial charge in [0.1, 0.15) is 17.0 Å². The summed E-state index contributed by atoms with van der Waals surface area (Å²) in [5.41, 5.74) is 7.27. The third-order valence-corrected chi connectivity index (χ3v) is 5.41. The predicted octanol–water partition coefficient (Wildman–Crippen LogP) is 5.70. The molecule has 0 unspecified atom stereocenters. The standard InChI is InChI=1S/C24H34N4O4S/c1-23(2,3)31-21(29)27(7)17-10-11-18(25)19(13-17)33-15-16-9-12-20(26-14-16)28(8)22(30)32-24(4,5)6/h9-14H,15,25H2,1-8H3. The Labute approximate surface area is 200 Å². The minimum atomic E-state index is -0.576. The largest absolute Gasteiger partial charge is 0.443 e. The van der Waals surface area contributed by atoms with Crippen LogP contribution in [-0.4, -0.2) is 42.5 Å². The van der Waals surface area contributed by atoms with Gasteiger partial charge in [0, 0.05) is 42.3 Å². The number of nitrogens with two attached hydrogens (primary N) is 1. The van der Waals surface area contributed by atoms with E-state index in [-0.39, 0.29) is 0 Å². The van der Waals surface area contributed by atoms with Crippen LogP contribution in [0.4, 0.5) is 26.8 Å². The van der Waals surface area contributed by atoms with E-state index < -0.39 is 23.4 Å². The highest BCUT2D eigenvalue weighted by Gasteiger charge is 2.22. The molecule has 1 heterocycles. The monoisotopic (exact) mass is 474 g/mol. The van der Waals surface area contributed by atoms with Crippen LogP contribution in [0.15, 0.2) is 41.4 Å². The summed E-state index contributed by atoms with van der Waals surface area (Å²) in [4.78, 5) is 32.6. The molecule has 0 aliphatic rings. The van der Waals surface area contributed by atoms with Crippen LogP contribution in [0, 0.1) is 0 Å². The van der Waals surface area contributed by atoms with Gasteiger partial charge < -0.3 is 15.2 Å². The average molecular weight is 475 g/mol. The lowest BCUT2D eigenvalue weighted by atomic mass is 10.2. The van der Waals surface area contributed by atoms with E-state index in [2.05, 4.69) is 4.98 Å². The lowest BCUT2D eigenvalue weighted by molar-refractivity contribution is 0.0578. The SMILES string of the molecule is CN(C(=O)OC(C)(C)C)c1ccc(N)c(SCc2ccc(N(C)C(=O)OC(C)(C)C)nc2)c1. The number of amides is 2. The number of aromatic nitrogens is 1. The number of pyridine rings is 1. The summed E-state index contributed by atoms with van der Waals surface area (Å²) in [5, 5.41) is 0. The molecule has 1 aromatic heterocycles. The van der Waals surface area contributed by atoms with Gasteiger partial charge in [-0.2, -0.15) is 0 Å². The molecular weight excluding hydrogens is 440 g/mol. The number of carbonyl (C=O) groups excluding carboxylic acids is 2. The zero-order valence-corrected chi connectivity index (χ0v) is 21.4. The summed E-state index contributed by atoms with van der Waals surface area (Å²) in [6, 6.07) is 9.10. The Bertz CT molecular complexity index is 981. The van der Waals surface area contributed by atoms with Gasteiger partial charge in [0.25, 0.3) is 0 Å². The maximum absolute atomic E-state index is 12.4. The van der Waals surface area contributed by atoms with Crippen molar-refractivity contribution in [2.45, 2.75) is 63.4 Å². The summed E-state index contributed by atoms with van der Waals surface area (Å²) in [6.07, 6.45) is 0.823. The van der Waals surface area contributed by atoms with Gasteiger partial charge in [-0.25, -0.2) is 14.6 Å². The van der Waals surface area contributed by atoms with E-state index in [0.29, 0.717) is 22.9 Å². The molecule has 2 aromatic rings. The smallest absolute Gasteiger partial charge is 0.415 e. The predicted molar refractivity (Wildman–Crippen MR) is 134 cm³/mol. The van der Waals surface area contributed by atoms with Gasteiger partial charge in [0.05, 0.1) is 0 Å². The average Bonchev–Trinajstić information content (AvgIpc) is 2.70. The van der Waals surface area contributed by atoms with Crippen molar-refractivity contribution >= 4 is 41.1 Å². The number of hydrogen-bond donors (Lipinski definition) is 1. The number of ether oxygens (including phenoxy) is 2. The van der Waals surface area contributed by atoms with Crippen LogP contribution in [0.1, 0.15) is 47.1 Å². The van der Waals surface area contributed by atoms with Crippen molar-refractivity contribution in [3.63, 3.8) is 0 Å². The molecule has 2 rings (SSSR count). The van der Waals surface area contributed by atoms with Gasteiger partial charge in [-0.1, -0.05) is 6.07 Å². The zero-order valence-electron chi connectivity index (χ0n) is 20.6. The molecule has 0 atom stereocenters. The Balaban J connectivity index is 2.05. The van der Waals surface area contributed by atoms with Crippen molar-refractivity contribution in [1.29, 1.82) is 0 Å². The molecule has 0 radical (unpaired) electrons. The molecule has 0 saturated carbocycles. The maximum Gasteiger partial charge on any atom is 0.415 e. The summed E-state index contributed by atoms with van der Waals surface area (Å²) in [5.74, 6) is 1.12. The Hall–Kier alpha value is -2.94. The van der Waals surface area contributed by atoms with E-state index in [1.165, 1.54) is 21.6 Å². The summed E-state index contributed by atoms with van der Waals surface area (Å²) >= 11 is 1.54. The van der Waals surface area contributed by atoms with Crippen LogP contribution in [0.2, 0.25) is 0 Å². The first-order valence-electron chi connectivity index (χ1n) is 10.6. The highest BCUT2D eigenvalue weighted by molar-refractivity contribution is 7.98. The van der Waals surface area contributed by atoms with Crippen LogP contribution in [0.3, 0.4) is 0 Å². The molecule has 180 valence electrons. The Morgan fingerprint density at radius 3 is 2.03 bits per heavy atom. The molecule has 8 nitrogen and oxygen atoms in total. The van der Waals surface area contributed by atoms with Crippen LogP contribution < -0.4 is 15.5 Å². The Kier molecular flexibility index (Phi) is 8.24. The molecule has 9 heteroatoms. The normalized spacial score (nSPS) is 11.6.